The van der Waals surface area contributed by atoms with Gasteiger partial charge < -0.3 is 10.2 Å². The van der Waals surface area contributed by atoms with E-state index in [-0.39, 0.29) is 11.9 Å². The van der Waals surface area contributed by atoms with Crippen molar-refractivity contribution in [2.45, 2.75) is 37.6 Å². The molecule has 0 aromatic carbocycles. The molecule has 5 nitrogen and oxygen atoms in total. The van der Waals surface area contributed by atoms with Gasteiger partial charge in [0, 0.05) is 38.0 Å². The number of nitrogens with one attached hydrogen (secondary N) is 1. The van der Waals surface area contributed by atoms with Crippen molar-refractivity contribution in [2.24, 2.45) is 0 Å². The summed E-state index contributed by atoms with van der Waals surface area (Å²) >= 11 is 3.44. The molecule has 1 saturated heterocycles. The van der Waals surface area contributed by atoms with Gasteiger partial charge in [-0.25, -0.2) is 9.97 Å². The summed E-state index contributed by atoms with van der Waals surface area (Å²) in [6.45, 7) is 0.735. The summed E-state index contributed by atoms with van der Waals surface area (Å²) in [5, 5.41) is 3.42. The average Bonchev–Trinajstić information content (AvgIpc) is 3.17. The van der Waals surface area contributed by atoms with E-state index in [0.29, 0.717) is 12.3 Å². The molecule has 1 aliphatic carbocycles. The van der Waals surface area contributed by atoms with Gasteiger partial charge in [-0.3, -0.25) is 4.79 Å². The fourth-order valence-electron chi connectivity index (χ4n) is 2.37. The monoisotopic (exact) mass is 324 g/mol. The molecule has 2 heterocycles. The van der Waals surface area contributed by atoms with Crippen LogP contribution >= 0.6 is 15.9 Å². The molecule has 0 radical (unpaired) electrons. The lowest BCUT2D eigenvalue weighted by Crippen LogP contribution is -2.43. The first-order valence-electron chi connectivity index (χ1n) is 6.67. The lowest BCUT2D eigenvalue weighted by Gasteiger charge is -2.30. The molecule has 1 N–H and O–H groups in total. The molecule has 0 spiro atoms. The first kappa shape index (κ1) is 12.8. The van der Waals surface area contributed by atoms with E-state index < -0.39 is 0 Å². The van der Waals surface area contributed by atoms with Crippen LogP contribution in [0.4, 0.5) is 5.82 Å². The molecular formula is C13H17BrN4O. The number of carbonyl (C=O) groups excluding carboxylic acids is 1. The number of hydrogen-bond acceptors (Lipinski definition) is 4. The van der Waals surface area contributed by atoms with Crippen LogP contribution in [0, 0.1) is 0 Å². The van der Waals surface area contributed by atoms with E-state index in [1.165, 1.54) is 12.8 Å². The van der Waals surface area contributed by atoms with Gasteiger partial charge in [-0.2, -0.15) is 0 Å². The molecule has 1 aliphatic heterocycles. The summed E-state index contributed by atoms with van der Waals surface area (Å²) in [4.78, 5) is 22.2. The minimum Gasteiger partial charge on any atom is -0.365 e. The van der Waals surface area contributed by atoms with Gasteiger partial charge in [-0.1, -0.05) is 0 Å². The van der Waals surface area contributed by atoms with Crippen LogP contribution in [-0.2, 0) is 4.79 Å². The van der Waals surface area contributed by atoms with Crippen molar-refractivity contribution in [2.75, 3.05) is 18.9 Å². The summed E-state index contributed by atoms with van der Waals surface area (Å²) in [7, 11) is 1.85. The second kappa shape index (κ2) is 5.07. The minimum absolute atomic E-state index is 0.223. The summed E-state index contributed by atoms with van der Waals surface area (Å²) in [5.74, 6) is 2.54. The fourth-order valence-corrected chi connectivity index (χ4v) is 2.77. The highest BCUT2D eigenvalue weighted by atomic mass is 79.9. The molecule has 3 rings (SSSR count). The second-order valence-electron chi connectivity index (χ2n) is 5.36. The normalized spacial score (nSPS) is 23.6. The number of nitrogens with zero attached hydrogens (tertiary/aromatic N) is 3. The highest BCUT2D eigenvalue weighted by Gasteiger charge is 2.28. The van der Waals surface area contributed by atoms with Gasteiger partial charge in [0.05, 0.1) is 0 Å². The standard InChI is InChI=1S/C13H17BrN4O/c1-18-7-9(4-5-12(18)19)15-11-6-10(14)16-13(17-11)8-2-3-8/h6,8-9H,2-5,7H2,1H3,(H,15,16,17). The van der Waals surface area contributed by atoms with Crippen molar-refractivity contribution in [3.05, 3.63) is 16.5 Å². The van der Waals surface area contributed by atoms with Crippen LogP contribution < -0.4 is 5.32 Å². The SMILES string of the molecule is CN1CC(Nc2cc(Br)nc(C3CC3)n2)CCC1=O. The largest absolute Gasteiger partial charge is 0.365 e. The van der Waals surface area contributed by atoms with E-state index in [1.807, 2.05) is 13.1 Å². The van der Waals surface area contributed by atoms with E-state index in [2.05, 4.69) is 31.2 Å². The smallest absolute Gasteiger partial charge is 0.222 e. The van der Waals surface area contributed by atoms with Gasteiger partial charge in [0.25, 0.3) is 0 Å². The van der Waals surface area contributed by atoms with Crippen molar-refractivity contribution in [3.63, 3.8) is 0 Å². The lowest BCUT2D eigenvalue weighted by atomic mass is 10.1. The highest BCUT2D eigenvalue weighted by Crippen LogP contribution is 2.38. The summed E-state index contributed by atoms with van der Waals surface area (Å²) < 4.78 is 0.826. The number of amides is 1. The first-order chi connectivity index (χ1) is 9.11. The Balaban J connectivity index is 1.70. The van der Waals surface area contributed by atoms with Crippen molar-refractivity contribution in [1.82, 2.24) is 14.9 Å². The summed E-state index contributed by atoms with van der Waals surface area (Å²) in [6.07, 6.45) is 3.85. The van der Waals surface area contributed by atoms with E-state index in [9.17, 15) is 4.79 Å². The van der Waals surface area contributed by atoms with Crippen molar-refractivity contribution < 1.29 is 4.79 Å². The number of piperidine rings is 1. The maximum Gasteiger partial charge on any atom is 0.222 e. The molecule has 19 heavy (non-hydrogen) atoms. The van der Waals surface area contributed by atoms with Gasteiger partial charge in [-0.15, -0.1) is 0 Å². The van der Waals surface area contributed by atoms with Gasteiger partial charge in [0.15, 0.2) is 0 Å². The molecule has 1 atom stereocenters. The van der Waals surface area contributed by atoms with Gasteiger partial charge >= 0.3 is 0 Å². The quantitative estimate of drug-likeness (QED) is 0.865. The van der Waals surface area contributed by atoms with Gasteiger partial charge in [0.2, 0.25) is 5.91 Å². The molecule has 0 bridgehead atoms. The number of anilines is 1. The number of halogens is 1. The van der Waals surface area contributed by atoms with Crippen molar-refractivity contribution in [1.29, 1.82) is 0 Å². The lowest BCUT2D eigenvalue weighted by molar-refractivity contribution is -0.132. The van der Waals surface area contributed by atoms with Crippen LogP contribution in [0.15, 0.2) is 10.7 Å². The Morgan fingerprint density at radius 1 is 1.37 bits per heavy atom. The number of hydrogen-bond donors (Lipinski definition) is 1. The molecule has 1 unspecified atom stereocenters. The zero-order chi connectivity index (χ0) is 13.4. The Morgan fingerprint density at radius 2 is 2.16 bits per heavy atom. The predicted molar refractivity (Wildman–Crippen MR) is 76.0 cm³/mol. The zero-order valence-corrected chi connectivity index (χ0v) is 12.5. The summed E-state index contributed by atoms with van der Waals surface area (Å²) in [5.41, 5.74) is 0. The van der Waals surface area contributed by atoms with Crippen LogP contribution in [0.5, 0.6) is 0 Å². The minimum atomic E-state index is 0.223. The summed E-state index contributed by atoms with van der Waals surface area (Å²) in [6, 6.07) is 2.18. The predicted octanol–water partition coefficient (Wildman–Crippen LogP) is 2.15. The van der Waals surface area contributed by atoms with Crippen LogP contribution in [0.25, 0.3) is 0 Å². The maximum atomic E-state index is 11.5. The molecule has 2 fully saturated rings. The van der Waals surface area contributed by atoms with E-state index in [1.54, 1.807) is 4.90 Å². The van der Waals surface area contributed by atoms with Crippen LogP contribution in [-0.4, -0.2) is 40.4 Å². The number of carbonyl (C=O) groups is 1. The van der Waals surface area contributed by atoms with Crippen LogP contribution in [0.1, 0.15) is 37.4 Å². The number of aromatic nitrogens is 2. The average molecular weight is 325 g/mol. The fraction of sp³-hybridized carbons (Fsp3) is 0.615. The highest BCUT2D eigenvalue weighted by molar-refractivity contribution is 9.10. The topological polar surface area (TPSA) is 58.1 Å². The molecule has 1 aromatic rings. The third-order valence-corrected chi connectivity index (χ3v) is 4.04. The molecular weight excluding hydrogens is 308 g/mol. The Hall–Kier alpha value is -1.17. The Kier molecular flexibility index (Phi) is 3.43. The van der Waals surface area contributed by atoms with Gasteiger partial charge in [0.1, 0.15) is 16.2 Å². The molecule has 1 aromatic heterocycles. The number of likely N-dealkylation sites (N-methyl/N-ethyl adjacent to an activating group) is 1. The Morgan fingerprint density at radius 3 is 2.84 bits per heavy atom. The first-order valence-corrected chi connectivity index (χ1v) is 7.46. The van der Waals surface area contributed by atoms with Crippen LogP contribution in [0.3, 0.4) is 0 Å². The van der Waals surface area contributed by atoms with Crippen LogP contribution in [0.2, 0.25) is 0 Å². The van der Waals surface area contributed by atoms with E-state index >= 15 is 0 Å². The molecule has 1 amide bonds. The Labute approximate surface area is 120 Å². The Bertz CT molecular complexity index is 503. The zero-order valence-electron chi connectivity index (χ0n) is 10.9. The molecule has 102 valence electrons. The third-order valence-electron chi connectivity index (χ3n) is 3.63. The molecule has 1 saturated carbocycles. The van der Waals surface area contributed by atoms with Crippen molar-refractivity contribution >= 4 is 27.7 Å². The number of likely N-dealkylation sites (tertiary alicyclic amines) is 1. The third kappa shape index (κ3) is 3.05. The van der Waals surface area contributed by atoms with E-state index in [0.717, 1.165) is 29.2 Å². The van der Waals surface area contributed by atoms with E-state index in [4.69, 9.17) is 0 Å². The maximum absolute atomic E-state index is 11.5. The molecule has 2 aliphatic rings. The van der Waals surface area contributed by atoms with Gasteiger partial charge in [-0.05, 0) is 35.2 Å². The van der Waals surface area contributed by atoms with Crippen molar-refractivity contribution in [3.8, 4) is 0 Å². The second-order valence-corrected chi connectivity index (χ2v) is 6.18. The number of rotatable bonds is 3. The molecule has 6 heteroatoms.